The van der Waals surface area contributed by atoms with Gasteiger partial charge in [-0.1, -0.05) is 62.3 Å². The van der Waals surface area contributed by atoms with Crippen molar-refractivity contribution in [2.75, 3.05) is 0 Å². The van der Waals surface area contributed by atoms with Gasteiger partial charge in [0, 0.05) is 11.1 Å². The van der Waals surface area contributed by atoms with E-state index in [1.54, 1.807) is 0 Å². The Morgan fingerprint density at radius 2 is 2.00 bits per heavy atom. The molecule has 0 radical (unpaired) electrons. The molecule has 0 bridgehead atoms. The zero-order chi connectivity index (χ0) is 11.4. The molecule has 0 aliphatic heterocycles. The maximum atomic E-state index is 12.1. The van der Waals surface area contributed by atoms with Gasteiger partial charge in [0.25, 0.3) is 0 Å². The van der Waals surface area contributed by atoms with E-state index < -0.39 is 0 Å². The molecule has 1 aromatic carbocycles. The number of carbonyl (C=O) groups is 1. The lowest BCUT2D eigenvalue weighted by Crippen LogP contribution is -2.07. The lowest BCUT2D eigenvalue weighted by molar-refractivity contribution is 0.103. The predicted molar refractivity (Wildman–Crippen MR) is 67.4 cm³/mol. The Kier molecular flexibility index (Phi) is 3.35. The van der Waals surface area contributed by atoms with Crippen LogP contribution in [0.4, 0.5) is 0 Å². The van der Waals surface area contributed by atoms with Crippen LogP contribution < -0.4 is 0 Å². The molecule has 1 aromatic rings. The van der Waals surface area contributed by atoms with Gasteiger partial charge in [-0.05, 0) is 12.0 Å². The average molecular weight is 212 g/mol. The highest BCUT2D eigenvalue weighted by Crippen LogP contribution is 2.22. The molecule has 0 N–H and O–H groups in total. The molecule has 1 aliphatic rings. The third kappa shape index (κ3) is 2.13. The first-order valence-electron chi connectivity index (χ1n) is 5.85. The van der Waals surface area contributed by atoms with Gasteiger partial charge in [-0.25, -0.2) is 0 Å². The van der Waals surface area contributed by atoms with Crippen molar-refractivity contribution in [1.82, 2.24) is 0 Å². The molecule has 0 spiro atoms. The van der Waals surface area contributed by atoms with E-state index in [0.29, 0.717) is 0 Å². The third-order valence-corrected chi connectivity index (χ3v) is 2.83. The summed E-state index contributed by atoms with van der Waals surface area (Å²) in [6.45, 7) is 2.16. The first kappa shape index (κ1) is 10.9. The fraction of sp³-hybridized carbons (Fsp3) is 0.267. The zero-order valence-electron chi connectivity index (χ0n) is 9.57. The SMILES string of the molecule is CCCCC=C1C=Cc2ccccc2C1=O. The van der Waals surface area contributed by atoms with E-state index in [2.05, 4.69) is 13.0 Å². The van der Waals surface area contributed by atoms with Crippen molar-refractivity contribution in [2.45, 2.75) is 26.2 Å². The van der Waals surface area contributed by atoms with Crippen LogP contribution in [0.2, 0.25) is 0 Å². The van der Waals surface area contributed by atoms with Crippen LogP contribution in [0.1, 0.15) is 42.1 Å². The van der Waals surface area contributed by atoms with E-state index >= 15 is 0 Å². The molecule has 1 heteroatoms. The Morgan fingerprint density at radius 1 is 1.19 bits per heavy atom. The molecule has 1 nitrogen and oxygen atoms in total. The highest BCUT2D eigenvalue weighted by Gasteiger charge is 2.16. The van der Waals surface area contributed by atoms with Crippen LogP contribution >= 0.6 is 0 Å². The van der Waals surface area contributed by atoms with Crippen molar-refractivity contribution >= 4 is 11.9 Å². The highest BCUT2D eigenvalue weighted by molar-refractivity contribution is 6.15. The molecule has 0 saturated carbocycles. The van der Waals surface area contributed by atoms with Gasteiger partial charge in [-0.3, -0.25) is 4.79 Å². The second kappa shape index (κ2) is 4.93. The molecule has 0 unspecified atom stereocenters. The van der Waals surface area contributed by atoms with Gasteiger partial charge >= 0.3 is 0 Å². The van der Waals surface area contributed by atoms with E-state index in [1.165, 1.54) is 0 Å². The number of allylic oxidation sites excluding steroid dienone is 3. The van der Waals surface area contributed by atoms with Crippen LogP contribution in [-0.2, 0) is 0 Å². The summed E-state index contributed by atoms with van der Waals surface area (Å²) < 4.78 is 0. The Balaban J connectivity index is 2.24. The summed E-state index contributed by atoms with van der Waals surface area (Å²) >= 11 is 0. The summed E-state index contributed by atoms with van der Waals surface area (Å²) in [5.41, 5.74) is 2.69. The van der Waals surface area contributed by atoms with Crippen LogP contribution in [0, 0.1) is 0 Å². The fourth-order valence-electron chi connectivity index (χ4n) is 1.88. The molecule has 0 saturated heterocycles. The predicted octanol–water partition coefficient (Wildman–Crippen LogP) is 4.01. The minimum absolute atomic E-state index is 0.161. The zero-order valence-corrected chi connectivity index (χ0v) is 9.57. The second-order valence-corrected chi connectivity index (χ2v) is 4.05. The highest BCUT2D eigenvalue weighted by atomic mass is 16.1. The number of hydrogen-bond donors (Lipinski definition) is 0. The van der Waals surface area contributed by atoms with Crippen molar-refractivity contribution in [3.05, 3.63) is 53.1 Å². The van der Waals surface area contributed by atoms with Gasteiger partial charge in [-0.15, -0.1) is 0 Å². The summed E-state index contributed by atoms with van der Waals surface area (Å²) in [6.07, 6.45) is 9.31. The fourth-order valence-corrected chi connectivity index (χ4v) is 1.88. The van der Waals surface area contributed by atoms with Crippen molar-refractivity contribution in [1.29, 1.82) is 0 Å². The minimum atomic E-state index is 0.161. The standard InChI is InChI=1S/C15H16O/c1-2-3-4-8-13-11-10-12-7-5-6-9-14(12)15(13)16/h5-11H,2-4H2,1H3. The topological polar surface area (TPSA) is 17.1 Å². The lowest BCUT2D eigenvalue weighted by Gasteiger charge is -2.11. The Bertz CT molecular complexity index is 452. The van der Waals surface area contributed by atoms with E-state index in [1.807, 2.05) is 36.4 Å². The molecule has 0 fully saturated rings. The number of ketones is 1. The number of benzene rings is 1. The Labute approximate surface area is 96.5 Å². The van der Waals surface area contributed by atoms with Crippen molar-refractivity contribution in [3.63, 3.8) is 0 Å². The maximum absolute atomic E-state index is 12.1. The van der Waals surface area contributed by atoms with Crippen LogP contribution in [0.5, 0.6) is 0 Å². The van der Waals surface area contributed by atoms with Gasteiger partial charge in [0.15, 0.2) is 5.78 Å². The molecule has 2 rings (SSSR count). The van der Waals surface area contributed by atoms with Gasteiger partial charge in [0.2, 0.25) is 0 Å². The minimum Gasteiger partial charge on any atom is -0.289 e. The van der Waals surface area contributed by atoms with Crippen LogP contribution in [0.15, 0.2) is 42.0 Å². The first-order chi connectivity index (χ1) is 7.83. The summed E-state index contributed by atoms with van der Waals surface area (Å²) in [6, 6.07) is 7.75. The van der Waals surface area contributed by atoms with E-state index in [4.69, 9.17) is 0 Å². The molecular weight excluding hydrogens is 196 g/mol. The van der Waals surface area contributed by atoms with E-state index in [-0.39, 0.29) is 5.78 Å². The normalized spacial score (nSPS) is 16.6. The van der Waals surface area contributed by atoms with Crippen molar-refractivity contribution in [3.8, 4) is 0 Å². The smallest absolute Gasteiger partial charge is 0.193 e. The third-order valence-electron chi connectivity index (χ3n) is 2.83. The Hall–Kier alpha value is -1.63. The van der Waals surface area contributed by atoms with Crippen LogP contribution in [-0.4, -0.2) is 5.78 Å². The molecule has 0 atom stereocenters. The number of rotatable bonds is 3. The van der Waals surface area contributed by atoms with Crippen LogP contribution in [0.3, 0.4) is 0 Å². The molecular formula is C15H16O. The van der Waals surface area contributed by atoms with Gasteiger partial charge in [0.05, 0.1) is 0 Å². The average Bonchev–Trinajstić information content (AvgIpc) is 2.33. The molecule has 0 aromatic heterocycles. The number of fused-ring (bicyclic) bond motifs is 1. The number of Topliss-reactive ketones (excluding diaryl/α,β-unsaturated/α-hetero) is 1. The van der Waals surface area contributed by atoms with Crippen molar-refractivity contribution in [2.24, 2.45) is 0 Å². The van der Waals surface area contributed by atoms with E-state index in [0.717, 1.165) is 36.0 Å². The van der Waals surface area contributed by atoms with Gasteiger partial charge in [0.1, 0.15) is 0 Å². The molecule has 0 amide bonds. The van der Waals surface area contributed by atoms with Gasteiger partial charge < -0.3 is 0 Å². The van der Waals surface area contributed by atoms with Crippen LogP contribution in [0.25, 0.3) is 6.08 Å². The van der Waals surface area contributed by atoms with Gasteiger partial charge in [-0.2, -0.15) is 0 Å². The summed E-state index contributed by atoms with van der Waals surface area (Å²) in [7, 11) is 0. The molecule has 82 valence electrons. The molecule has 16 heavy (non-hydrogen) atoms. The molecule has 0 heterocycles. The summed E-state index contributed by atoms with van der Waals surface area (Å²) in [4.78, 5) is 12.1. The first-order valence-corrected chi connectivity index (χ1v) is 5.85. The number of hydrogen-bond acceptors (Lipinski definition) is 1. The second-order valence-electron chi connectivity index (χ2n) is 4.05. The number of carbonyl (C=O) groups excluding carboxylic acids is 1. The molecule has 1 aliphatic carbocycles. The quantitative estimate of drug-likeness (QED) is 0.546. The van der Waals surface area contributed by atoms with E-state index in [9.17, 15) is 4.79 Å². The maximum Gasteiger partial charge on any atom is 0.193 e. The monoisotopic (exact) mass is 212 g/mol. The van der Waals surface area contributed by atoms with Crippen molar-refractivity contribution < 1.29 is 4.79 Å². The number of unbranched alkanes of at least 4 members (excludes halogenated alkanes) is 2. The largest absolute Gasteiger partial charge is 0.289 e. The Morgan fingerprint density at radius 3 is 2.81 bits per heavy atom. The summed E-state index contributed by atoms with van der Waals surface area (Å²) in [5, 5.41) is 0. The summed E-state index contributed by atoms with van der Waals surface area (Å²) in [5.74, 6) is 0.161. The lowest BCUT2D eigenvalue weighted by atomic mass is 9.92.